The number of ether oxygens (including phenoxy) is 7. The Balaban J connectivity index is 1.26. The minimum absolute atomic E-state index is 0.00140. The maximum Gasteiger partial charge on any atom is 0.509 e. The Hall–Kier alpha value is -6.06. The van der Waals surface area contributed by atoms with E-state index in [1.54, 1.807) is 105 Å². The summed E-state index contributed by atoms with van der Waals surface area (Å²) in [6.07, 6.45) is -9.45. The zero-order valence-electron chi connectivity index (χ0n) is 35.8. The third-order valence-corrected chi connectivity index (χ3v) is 13.9. The van der Waals surface area contributed by atoms with Gasteiger partial charge in [0.15, 0.2) is 23.9 Å². The predicted octanol–water partition coefficient (Wildman–Crippen LogP) is 5.59. The highest BCUT2D eigenvalue weighted by atomic mass is 16.8. The van der Waals surface area contributed by atoms with Gasteiger partial charge in [0.2, 0.25) is 0 Å². The number of carbonyl (C=O) groups excluding carboxylic acids is 6. The number of hydrogen-bond donors (Lipinski definition) is 2. The lowest BCUT2D eigenvalue weighted by Crippen LogP contribution is -2.80. The lowest BCUT2D eigenvalue weighted by molar-refractivity contribution is -0.351. The summed E-state index contributed by atoms with van der Waals surface area (Å²) in [4.78, 5) is 81.9. The van der Waals surface area contributed by atoms with Crippen LogP contribution >= 0.6 is 0 Å². The molecule has 2 saturated heterocycles. The molecule has 4 fully saturated rings. The number of nitrogens with one attached hydrogen (secondary N) is 1. The molecule has 1 unspecified atom stereocenters. The van der Waals surface area contributed by atoms with Crippen LogP contribution in [0.4, 0.5) is 4.79 Å². The molecule has 332 valence electrons. The summed E-state index contributed by atoms with van der Waals surface area (Å²) >= 11 is 0. The molecule has 2 aliphatic heterocycles. The molecule has 3 aromatic carbocycles. The van der Waals surface area contributed by atoms with Crippen LogP contribution in [0.1, 0.15) is 86.7 Å². The standard InChI is InChI=1S/C48H51NO14/c1-25-32(59-44(55)37(52)36(28-16-10-7-11-17-28)49-42(53)29-18-12-8-13-19-29)22-31-38(60-43(54)30-20-14-9-15-21-30)40-47(6,41-39(61-45(56)62-41)35(25)46(31,4)5)33(58-26(2)50)23-34-48(40,24-57-34)63-27(3)51/h7-21,31-34,36-41,52H,22-24H2,1-6H3,(H,49,53)/t31?,32-,33-,34+,36-,37+,38+,39+,40-,41-,47+,48-/m0/s1. The van der Waals surface area contributed by atoms with Crippen LogP contribution in [0.3, 0.4) is 0 Å². The van der Waals surface area contributed by atoms with Gasteiger partial charge in [-0.15, -0.1) is 0 Å². The molecule has 0 aromatic heterocycles. The summed E-state index contributed by atoms with van der Waals surface area (Å²) < 4.78 is 43.6. The van der Waals surface area contributed by atoms with E-state index in [9.17, 15) is 33.9 Å². The largest absolute Gasteiger partial charge is 0.509 e. The number of benzene rings is 3. The van der Waals surface area contributed by atoms with Gasteiger partial charge in [-0.1, -0.05) is 87.5 Å². The molecule has 1 amide bonds. The maximum atomic E-state index is 14.4. The summed E-state index contributed by atoms with van der Waals surface area (Å²) in [5.74, 6) is -5.45. The van der Waals surface area contributed by atoms with Crippen LogP contribution in [0.2, 0.25) is 0 Å². The Morgan fingerprint density at radius 2 is 1.41 bits per heavy atom. The number of aliphatic hydroxyl groups is 1. The first-order chi connectivity index (χ1) is 30.0. The van der Waals surface area contributed by atoms with E-state index in [4.69, 9.17) is 33.2 Å². The zero-order valence-corrected chi connectivity index (χ0v) is 35.8. The molecule has 2 saturated carbocycles. The van der Waals surface area contributed by atoms with Gasteiger partial charge in [-0.2, -0.15) is 0 Å². The average Bonchev–Trinajstić information content (AvgIpc) is 3.64. The van der Waals surface area contributed by atoms with Gasteiger partial charge in [0.25, 0.3) is 5.91 Å². The normalized spacial score (nSPS) is 32.1. The van der Waals surface area contributed by atoms with Crippen molar-refractivity contribution in [2.75, 3.05) is 6.61 Å². The maximum absolute atomic E-state index is 14.4. The Bertz CT molecular complexity index is 2320. The van der Waals surface area contributed by atoms with Gasteiger partial charge < -0.3 is 43.6 Å². The molecular formula is C48H51NO14. The van der Waals surface area contributed by atoms with Crippen molar-refractivity contribution in [2.24, 2.45) is 22.7 Å². The van der Waals surface area contributed by atoms with Crippen molar-refractivity contribution >= 4 is 35.9 Å². The highest BCUT2D eigenvalue weighted by Gasteiger charge is 2.78. The smallest absolute Gasteiger partial charge is 0.462 e. The quantitative estimate of drug-likeness (QED) is 0.145. The minimum atomic E-state index is -1.91. The second-order valence-corrected chi connectivity index (χ2v) is 17.8. The van der Waals surface area contributed by atoms with E-state index >= 15 is 0 Å². The van der Waals surface area contributed by atoms with Gasteiger partial charge in [0.1, 0.15) is 24.4 Å². The van der Waals surface area contributed by atoms with E-state index in [0.717, 1.165) is 0 Å². The number of carbonyl (C=O) groups is 6. The topological polar surface area (TPSA) is 199 Å². The molecule has 15 heteroatoms. The van der Waals surface area contributed by atoms with Crippen molar-refractivity contribution in [2.45, 2.75) is 109 Å². The van der Waals surface area contributed by atoms with Crippen LogP contribution in [-0.4, -0.2) is 96.0 Å². The summed E-state index contributed by atoms with van der Waals surface area (Å²) in [7, 11) is 0. The van der Waals surface area contributed by atoms with E-state index in [2.05, 4.69) is 5.32 Å². The van der Waals surface area contributed by atoms with Crippen LogP contribution in [0.15, 0.2) is 102 Å². The van der Waals surface area contributed by atoms with Crippen LogP contribution in [0.25, 0.3) is 0 Å². The van der Waals surface area contributed by atoms with Crippen molar-refractivity contribution in [1.29, 1.82) is 0 Å². The Kier molecular flexibility index (Phi) is 11.5. The Labute approximate surface area is 364 Å². The van der Waals surface area contributed by atoms with Crippen LogP contribution in [-0.2, 0) is 47.5 Å². The Morgan fingerprint density at radius 3 is 2.00 bits per heavy atom. The van der Waals surface area contributed by atoms with E-state index in [0.29, 0.717) is 22.3 Å². The van der Waals surface area contributed by atoms with Crippen molar-refractivity contribution in [3.63, 3.8) is 0 Å². The van der Waals surface area contributed by atoms with Crippen LogP contribution in [0.5, 0.6) is 0 Å². The molecule has 63 heavy (non-hydrogen) atoms. The minimum Gasteiger partial charge on any atom is -0.462 e. The van der Waals surface area contributed by atoms with E-state index < -0.39 is 113 Å². The number of fused-ring (bicyclic) bond motifs is 8. The molecule has 8 rings (SSSR count). The molecule has 2 heterocycles. The lowest BCUT2D eigenvalue weighted by atomic mass is 9.45. The highest BCUT2D eigenvalue weighted by molar-refractivity contribution is 5.95. The number of rotatable bonds is 10. The van der Waals surface area contributed by atoms with E-state index in [1.807, 2.05) is 13.8 Å². The fourth-order valence-electron chi connectivity index (χ4n) is 11.1. The summed E-state index contributed by atoms with van der Waals surface area (Å²) in [6.45, 7) is 9.71. The summed E-state index contributed by atoms with van der Waals surface area (Å²) in [6, 6.07) is 24.0. The highest BCUT2D eigenvalue weighted by Crippen LogP contribution is 2.66. The lowest BCUT2D eigenvalue weighted by Gasteiger charge is -2.67. The first kappa shape index (κ1) is 43.6. The monoisotopic (exact) mass is 865 g/mol. The van der Waals surface area contributed by atoms with Gasteiger partial charge in [-0.05, 0) is 59.7 Å². The summed E-state index contributed by atoms with van der Waals surface area (Å²) in [5, 5.41) is 14.6. The molecule has 2 bridgehead atoms. The molecule has 0 radical (unpaired) electrons. The fraction of sp³-hybridized carbons (Fsp3) is 0.458. The molecule has 2 N–H and O–H groups in total. The molecule has 3 aromatic rings. The molecule has 12 atom stereocenters. The number of hydrogen-bond acceptors (Lipinski definition) is 14. The van der Waals surface area contributed by atoms with Gasteiger partial charge in [0, 0.05) is 31.7 Å². The van der Waals surface area contributed by atoms with Gasteiger partial charge in [-0.3, -0.25) is 14.4 Å². The average molecular weight is 866 g/mol. The van der Waals surface area contributed by atoms with Crippen molar-refractivity contribution < 1.29 is 67.0 Å². The van der Waals surface area contributed by atoms with Crippen molar-refractivity contribution in [3.8, 4) is 0 Å². The van der Waals surface area contributed by atoms with Crippen molar-refractivity contribution in [1.82, 2.24) is 5.32 Å². The molecular weight excluding hydrogens is 815 g/mol. The Morgan fingerprint density at radius 1 is 0.794 bits per heavy atom. The fourth-order valence-corrected chi connectivity index (χ4v) is 11.1. The first-order valence-electron chi connectivity index (χ1n) is 21.1. The van der Waals surface area contributed by atoms with E-state index in [-0.39, 0.29) is 25.0 Å². The van der Waals surface area contributed by atoms with Gasteiger partial charge >= 0.3 is 30.0 Å². The van der Waals surface area contributed by atoms with Crippen LogP contribution in [0, 0.1) is 22.7 Å². The van der Waals surface area contributed by atoms with Gasteiger partial charge in [0.05, 0.1) is 29.5 Å². The van der Waals surface area contributed by atoms with Crippen molar-refractivity contribution in [3.05, 3.63) is 119 Å². The number of aliphatic hydroxyl groups excluding tert-OH is 1. The second kappa shape index (κ2) is 16.6. The number of esters is 4. The van der Waals surface area contributed by atoms with Crippen LogP contribution < -0.4 is 5.32 Å². The van der Waals surface area contributed by atoms with E-state index in [1.165, 1.54) is 13.8 Å². The third kappa shape index (κ3) is 7.54. The zero-order chi connectivity index (χ0) is 45.0. The molecule has 5 aliphatic rings. The number of amides is 1. The first-order valence-corrected chi connectivity index (χ1v) is 21.1. The van der Waals surface area contributed by atoms with Gasteiger partial charge in [-0.25, -0.2) is 14.4 Å². The molecule has 0 spiro atoms. The summed E-state index contributed by atoms with van der Waals surface area (Å²) in [5.41, 5.74) is -1.99. The predicted molar refractivity (Wildman–Crippen MR) is 220 cm³/mol. The molecule has 15 nitrogen and oxygen atoms in total. The molecule has 3 aliphatic carbocycles. The second-order valence-electron chi connectivity index (χ2n) is 17.8. The third-order valence-electron chi connectivity index (χ3n) is 13.9. The SMILES string of the molecule is CC(=O)O[C@H]1C[C@H]2OC[C@@]2(OC(C)=O)[C@H]2[C@H](OC(=O)c3ccccc3)C3C[C@H](OC(=O)[C@H](O)[C@@H](NC(=O)c4ccccc4)c4ccccc4)C(C)=C([C@H]4OC(=O)O[C@@H]4[C@]12C)C3(C)C.